The molecule has 1 aromatic carbocycles. The van der Waals surface area contributed by atoms with Crippen LogP contribution in [0, 0.1) is 6.92 Å². The van der Waals surface area contributed by atoms with Crippen LogP contribution in [-0.4, -0.2) is 22.1 Å². The molecule has 2 aromatic rings. The summed E-state index contributed by atoms with van der Waals surface area (Å²) < 4.78 is 1.07. The van der Waals surface area contributed by atoms with E-state index in [1.165, 1.54) is 5.56 Å². The Hall–Kier alpha value is -1.46. The Morgan fingerprint density at radius 2 is 1.95 bits per heavy atom. The Morgan fingerprint density at radius 1 is 1.26 bits per heavy atom. The van der Waals surface area contributed by atoms with E-state index in [1.807, 2.05) is 31.0 Å². The molecule has 0 aliphatic rings. The van der Waals surface area contributed by atoms with Gasteiger partial charge >= 0.3 is 0 Å². The smallest absolute Gasteiger partial charge is 0.225 e. The number of nitrogens with zero attached hydrogens (tertiary/aromatic N) is 3. The van der Waals surface area contributed by atoms with Crippen LogP contribution in [0.5, 0.6) is 0 Å². The highest BCUT2D eigenvalue weighted by molar-refractivity contribution is 9.10. The van der Waals surface area contributed by atoms with Crippen LogP contribution in [0.1, 0.15) is 16.8 Å². The van der Waals surface area contributed by atoms with Crippen molar-refractivity contribution in [1.82, 2.24) is 9.97 Å². The minimum absolute atomic E-state index is 0.0253. The SMILES string of the molecule is Cc1nc(N(C)Cc2ccc(Br)cc2)ncc1CO. The molecule has 4 nitrogen and oxygen atoms in total. The van der Waals surface area contributed by atoms with Crippen molar-refractivity contribution in [2.24, 2.45) is 0 Å². The molecule has 0 fully saturated rings. The fourth-order valence-corrected chi connectivity index (χ4v) is 2.02. The summed E-state index contributed by atoms with van der Waals surface area (Å²) in [5.41, 5.74) is 2.77. The third-order valence-electron chi connectivity index (χ3n) is 2.91. The van der Waals surface area contributed by atoms with E-state index >= 15 is 0 Å². The predicted octanol–water partition coefficient (Wildman–Crippen LogP) is 2.68. The second kappa shape index (κ2) is 6.12. The quantitative estimate of drug-likeness (QED) is 0.940. The first-order valence-electron chi connectivity index (χ1n) is 5.99. The molecule has 1 N–H and O–H groups in total. The number of aliphatic hydroxyl groups excluding tert-OH is 1. The Balaban J connectivity index is 2.13. The fourth-order valence-electron chi connectivity index (χ4n) is 1.75. The maximum Gasteiger partial charge on any atom is 0.225 e. The second-order valence-electron chi connectivity index (χ2n) is 4.42. The number of halogens is 1. The number of aromatic nitrogens is 2. The van der Waals surface area contributed by atoms with Crippen LogP contribution in [0.15, 0.2) is 34.9 Å². The summed E-state index contributed by atoms with van der Waals surface area (Å²) >= 11 is 3.42. The number of benzene rings is 1. The molecule has 1 heterocycles. The molecule has 0 saturated carbocycles. The molecule has 100 valence electrons. The topological polar surface area (TPSA) is 49.2 Å². The van der Waals surface area contributed by atoms with Gasteiger partial charge in [0, 0.05) is 35.5 Å². The lowest BCUT2D eigenvalue weighted by molar-refractivity contribution is 0.280. The van der Waals surface area contributed by atoms with E-state index in [9.17, 15) is 0 Å². The van der Waals surface area contributed by atoms with Crippen molar-refractivity contribution in [1.29, 1.82) is 0 Å². The molecule has 0 unspecified atom stereocenters. The molecule has 0 aliphatic heterocycles. The molecule has 0 aliphatic carbocycles. The number of aryl methyl sites for hydroxylation is 1. The van der Waals surface area contributed by atoms with E-state index in [1.54, 1.807) is 6.20 Å². The van der Waals surface area contributed by atoms with Crippen molar-refractivity contribution in [2.45, 2.75) is 20.1 Å². The van der Waals surface area contributed by atoms with E-state index in [4.69, 9.17) is 5.11 Å². The Labute approximate surface area is 121 Å². The first kappa shape index (κ1) is 14.0. The zero-order chi connectivity index (χ0) is 13.8. The minimum Gasteiger partial charge on any atom is -0.392 e. The van der Waals surface area contributed by atoms with Crippen molar-refractivity contribution in [3.8, 4) is 0 Å². The van der Waals surface area contributed by atoms with Crippen LogP contribution in [0.4, 0.5) is 5.95 Å². The monoisotopic (exact) mass is 321 g/mol. The van der Waals surface area contributed by atoms with Gasteiger partial charge in [-0.3, -0.25) is 0 Å². The van der Waals surface area contributed by atoms with Crippen molar-refractivity contribution < 1.29 is 5.11 Å². The first-order chi connectivity index (χ1) is 9.10. The molecule has 19 heavy (non-hydrogen) atoms. The molecule has 5 heteroatoms. The van der Waals surface area contributed by atoms with Crippen molar-refractivity contribution >= 4 is 21.9 Å². The van der Waals surface area contributed by atoms with Gasteiger partial charge < -0.3 is 10.0 Å². The molecular formula is C14H16BrN3O. The van der Waals surface area contributed by atoms with Crippen LogP contribution in [0.2, 0.25) is 0 Å². The van der Waals surface area contributed by atoms with Gasteiger partial charge in [-0.1, -0.05) is 28.1 Å². The second-order valence-corrected chi connectivity index (χ2v) is 5.34. The van der Waals surface area contributed by atoms with E-state index in [-0.39, 0.29) is 6.61 Å². The van der Waals surface area contributed by atoms with E-state index in [0.29, 0.717) is 5.95 Å². The summed E-state index contributed by atoms with van der Waals surface area (Å²) in [5.74, 6) is 0.664. The molecule has 0 radical (unpaired) electrons. The standard InChI is InChI=1S/C14H16BrN3O/c1-10-12(9-19)7-16-14(17-10)18(2)8-11-3-5-13(15)6-4-11/h3-7,19H,8-9H2,1-2H3. The van der Waals surface area contributed by atoms with Gasteiger partial charge in [0.1, 0.15) is 0 Å². The first-order valence-corrected chi connectivity index (χ1v) is 6.78. The number of hydrogen-bond acceptors (Lipinski definition) is 4. The number of hydrogen-bond donors (Lipinski definition) is 1. The van der Waals surface area contributed by atoms with Gasteiger partial charge in [-0.15, -0.1) is 0 Å². The van der Waals surface area contributed by atoms with Gasteiger partial charge in [-0.2, -0.15) is 0 Å². The van der Waals surface area contributed by atoms with Crippen LogP contribution >= 0.6 is 15.9 Å². The Morgan fingerprint density at radius 3 is 2.53 bits per heavy atom. The van der Waals surface area contributed by atoms with Crippen LogP contribution in [0.3, 0.4) is 0 Å². The third kappa shape index (κ3) is 3.52. The predicted molar refractivity (Wildman–Crippen MR) is 78.9 cm³/mol. The number of rotatable bonds is 4. The van der Waals surface area contributed by atoms with Crippen LogP contribution in [0.25, 0.3) is 0 Å². The largest absolute Gasteiger partial charge is 0.392 e. The third-order valence-corrected chi connectivity index (χ3v) is 3.44. The van der Waals surface area contributed by atoms with E-state index < -0.39 is 0 Å². The molecule has 0 saturated heterocycles. The molecule has 0 spiro atoms. The molecule has 2 rings (SSSR count). The summed E-state index contributed by atoms with van der Waals surface area (Å²) in [5, 5.41) is 9.11. The van der Waals surface area contributed by atoms with Gasteiger partial charge in [0.05, 0.1) is 6.61 Å². The summed E-state index contributed by atoms with van der Waals surface area (Å²) in [6, 6.07) is 8.17. The number of aliphatic hydroxyl groups is 1. The molecular weight excluding hydrogens is 306 g/mol. The fraction of sp³-hybridized carbons (Fsp3) is 0.286. The average Bonchev–Trinajstić information content (AvgIpc) is 2.41. The summed E-state index contributed by atoms with van der Waals surface area (Å²) in [7, 11) is 1.95. The van der Waals surface area contributed by atoms with Gasteiger partial charge in [0.25, 0.3) is 0 Å². The van der Waals surface area contributed by atoms with E-state index in [2.05, 4.69) is 38.0 Å². The highest BCUT2D eigenvalue weighted by atomic mass is 79.9. The number of anilines is 1. The molecule has 1 aromatic heterocycles. The maximum atomic E-state index is 9.11. The summed E-state index contributed by atoms with van der Waals surface area (Å²) in [6.45, 7) is 2.60. The van der Waals surface area contributed by atoms with Crippen molar-refractivity contribution in [3.63, 3.8) is 0 Å². The highest BCUT2D eigenvalue weighted by Gasteiger charge is 2.07. The van der Waals surface area contributed by atoms with Gasteiger partial charge in [0.2, 0.25) is 5.95 Å². The van der Waals surface area contributed by atoms with Crippen LogP contribution in [-0.2, 0) is 13.2 Å². The normalized spacial score (nSPS) is 10.5. The summed E-state index contributed by atoms with van der Waals surface area (Å²) in [6.07, 6.45) is 1.68. The summed E-state index contributed by atoms with van der Waals surface area (Å²) in [4.78, 5) is 10.7. The maximum absolute atomic E-state index is 9.11. The highest BCUT2D eigenvalue weighted by Crippen LogP contribution is 2.15. The minimum atomic E-state index is -0.0253. The average molecular weight is 322 g/mol. The zero-order valence-electron chi connectivity index (χ0n) is 11.0. The molecule has 0 amide bonds. The lowest BCUT2D eigenvalue weighted by Gasteiger charge is -2.18. The lowest BCUT2D eigenvalue weighted by Crippen LogP contribution is -2.19. The van der Waals surface area contributed by atoms with Gasteiger partial charge in [-0.05, 0) is 24.6 Å². The van der Waals surface area contributed by atoms with Crippen LogP contribution < -0.4 is 4.90 Å². The zero-order valence-corrected chi connectivity index (χ0v) is 12.6. The lowest BCUT2D eigenvalue weighted by atomic mass is 10.2. The van der Waals surface area contributed by atoms with Gasteiger partial charge in [-0.25, -0.2) is 9.97 Å². The van der Waals surface area contributed by atoms with Gasteiger partial charge in [0.15, 0.2) is 0 Å². The Kier molecular flexibility index (Phi) is 4.50. The van der Waals surface area contributed by atoms with Crippen molar-refractivity contribution in [3.05, 3.63) is 51.8 Å². The van der Waals surface area contributed by atoms with Crippen molar-refractivity contribution in [2.75, 3.05) is 11.9 Å². The molecule has 0 bridgehead atoms. The molecule has 0 atom stereocenters. The van der Waals surface area contributed by atoms with E-state index in [0.717, 1.165) is 22.3 Å². The Bertz CT molecular complexity index is 557.